The number of aliphatic carboxylic acids is 1. The highest BCUT2D eigenvalue weighted by molar-refractivity contribution is 5.80. The molecule has 15 nitrogen and oxygen atoms in total. The van der Waals surface area contributed by atoms with Gasteiger partial charge in [-0.1, -0.05) is 81.0 Å². The number of allylic oxidation sites excluding steroid dienone is 8. The van der Waals surface area contributed by atoms with Gasteiger partial charge in [0, 0.05) is 38.5 Å². The third-order valence-corrected chi connectivity index (χ3v) is 10.3. The molecule has 55 heavy (non-hydrogen) atoms. The van der Waals surface area contributed by atoms with E-state index in [4.69, 9.17) is 24.7 Å². The van der Waals surface area contributed by atoms with E-state index in [1.165, 1.54) is 0 Å². The summed E-state index contributed by atoms with van der Waals surface area (Å²) in [6, 6.07) is -1.10. The largest absolute Gasteiger partial charge is 0.481 e. The smallest absolute Gasteiger partial charge is 0.311 e. The Morgan fingerprint density at radius 2 is 1.62 bits per heavy atom. The number of carboxylic acids is 1. The summed E-state index contributed by atoms with van der Waals surface area (Å²) < 4.78 is 23.3. The molecule has 0 saturated carbocycles. The summed E-state index contributed by atoms with van der Waals surface area (Å²) in [7, 11) is 0. The molecule has 310 valence electrons. The molecule has 9 unspecified atom stereocenters. The van der Waals surface area contributed by atoms with E-state index in [1.54, 1.807) is 55.5 Å². The summed E-state index contributed by atoms with van der Waals surface area (Å²) in [5.74, 6) is -5.93. The van der Waals surface area contributed by atoms with Crippen molar-refractivity contribution < 1.29 is 69.1 Å². The molecule has 0 amide bonds. The number of nitrogens with two attached hydrogens (primary N) is 1. The average molecular weight is 780 g/mol. The van der Waals surface area contributed by atoms with Crippen LogP contribution in [0.25, 0.3) is 0 Å². The zero-order valence-electron chi connectivity index (χ0n) is 31.9. The standard InChI is InChI=1S/C40H61NO14/c1-4-24(2)31-18-13-11-9-7-5-6-8-10-12-17-29(53-39-37(48)35(41)36(47)25(3)52-39)21-32-34(38(49)50)30(45)23-40(51,55-32)22-27(43)16-14-15-26(42)19-28(44)20-33(46)54-31/h5-13,17,24-25,27-32,34-37,39,43-45,47-48,51H,4,14-16,18-23,41H2,1-3H3,(H,49,50)/b6-5-,9-7-,10-8+,13-11-,17-12-/t24?,25-,27?,28?,29?,30?,31?,32?,34?,35+,36-,37+,39+,40?/m1/s1. The number of ether oxygens (including phenoxy) is 4. The maximum Gasteiger partial charge on any atom is 0.311 e. The molecule has 0 aromatic carbocycles. The molecule has 9 N–H and O–H groups in total. The number of carbonyl (C=O) groups is 3. The number of Topliss-reactive ketones (excluding diaryl/α,β-unsaturated/α-hetero) is 1. The topological polar surface area (TPSA) is 256 Å². The zero-order chi connectivity index (χ0) is 40.7. The summed E-state index contributed by atoms with van der Waals surface area (Å²) in [6.45, 7) is 5.51. The predicted octanol–water partition coefficient (Wildman–Crippen LogP) is 1.87. The van der Waals surface area contributed by atoms with Crippen molar-refractivity contribution in [1.29, 1.82) is 0 Å². The van der Waals surface area contributed by atoms with Gasteiger partial charge in [-0.25, -0.2) is 0 Å². The Labute approximate surface area is 322 Å². The first kappa shape index (κ1) is 46.3. The molecule has 14 atom stereocenters. The van der Waals surface area contributed by atoms with Crippen LogP contribution in [0.1, 0.15) is 85.0 Å². The number of carbonyl (C=O) groups excluding carboxylic acids is 2. The lowest BCUT2D eigenvalue weighted by molar-refractivity contribution is -0.308. The van der Waals surface area contributed by atoms with Crippen molar-refractivity contribution >= 4 is 17.7 Å². The maximum atomic E-state index is 12.6. The molecule has 0 aromatic rings. The predicted molar refractivity (Wildman–Crippen MR) is 200 cm³/mol. The first-order valence-electron chi connectivity index (χ1n) is 19.2. The van der Waals surface area contributed by atoms with Crippen molar-refractivity contribution in [3.05, 3.63) is 60.8 Å². The van der Waals surface area contributed by atoms with Gasteiger partial charge in [-0.3, -0.25) is 14.4 Å². The van der Waals surface area contributed by atoms with Crippen LogP contribution in [0.4, 0.5) is 0 Å². The molecule has 2 fully saturated rings. The molecule has 0 aromatic heterocycles. The molecular weight excluding hydrogens is 718 g/mol. The van der Waals surface area contributed by atoms with Gasteiger partial charge in [0.25, 0.3) is 0 Å². The van der Waals surface area contributed by atoms with Crippen molar-refractivity contribution in [2.45, 2.75) is 158 Å². The molecule has 15 heteroatoms. The molecule has 2 bridgehead atoms. The van der Waals surface area contributed by atoms with Gasteiger partial charge in [-0.2, -0.15) is 0 Å². The molecule has 3 aliphatic rings. The molecule has 3 heterocycles. The lowest BCUT2D eigenvalue weighted by atomic mass is 9.83. The molecule has 0 aliphatic carbocycles. The second-order valence-corrected chi connectivity index (χ2v) is 14.9. The maximum absolute atomic E-state index is 12.6. The van der Waals surface area contributed by atoms with Crippen molar-refractivity contribution in [3.63, 3.8) is 0 Å². The number of esters is 1. The van der Waals surface area contributed by atoms with Gasteiger partial charge in [0.05, 0.1) is 55.2 Å². The minimum atomic E-state index is -2.16. The normalized spacial score (nSPS) is 41.7. The number of rotatable bonds is 5. The van der Waals surface area contributed by atoms with Crippen LogP contribution in [0.15, 0.2) is 60.8 Å². The van der Waals surface area contributed by atoms with Crippen LogP contribution in [0, 0.1) is 11.8 Å². The van der Waals surface area contributed by atoms with Gasteiger partial charge in [0.1, 0.15) is 23.9 Å². The van der Waals surface area contributed by atoms with Gasteiger partial charge in [0.15, 0.2) is 12.1 Å². The summed E-state index contributed by atoms with van der Waals surface area (Å²) in [4.78, 5) is 37.6. The van der Waals surface area contributed by atoms with Crippen molar-refractivity contribution in [1.82, 2.24) is 0 Å². The Hall–Kier alpha value is -3.09. The Morgan fingerprint density at radius 3 is 2.27 bits per heavy atom. The number of hydrogen-bond acceptors (Lipinski definition) is 14. The van der Waals surface area contributed by atoms with Crippen molar-refractivity contribution in [2.24, 2.45) is 17.6 Å². The van der Waals surface area contributed by atoms with Crippen LogP contribution in [0.3, 0.4) is 0 Å². The molecule has 2 saturated heterocycles. The number of hydrogen-bond donors (Lipinski definition) is 8. The highest BCUT2D eigenvalue weighted by Crippen LogP contribution is 2.38. The van der Waals surface area contributed by atoms with E-state index in [-0.39, 0.29) is 50.2 Å². The first-order valence-corrected chi connectivity index (χ1v) is 19.2. The minimum absolute atomic E-state index is 0.0218. The fraction of sp³-hybridized carbons (Fsp3) is 0.675. The first-order chi connectivity index (χ1) is 26.0. The van der Waals surface area contributed by atoms with E-state index in [2.05, 4.69) is 0 Å². The van der Waals surface area contributed by atoms with E-state index >= 15 is 0 Å². The van der Waals surface area contributed by atoms with Crippen LogP contribution in [0.5, 0.6) is 0 Å². The lowest BCUT2D eigenvalue weighted by Gasteiger charge is -2.45. The van der Waals surface area contributed by atoms with Crippen LogP contribution >= 0.6 is 0 Å². The summed E-state index contributed by atoms with van der Waals surface area (Å²) in [6.07, 6.45) is 5.42. The second kappa shape index (κ2) is 22.6. The molecule has 0 radical (unpaired) electrons. The number of ketones is 1. The fourth-order valence-electron chi connectivity index (χ4n) is 6.89. The van der Waals surface area contributed by atoms with E-state index in [9.17, 15) is 50.1 Å². The third-order valence-electron chi connectivity index (χ3n) is 10.3. The molecule has 0 spiro atoms. The highest BCUT2D eigenvalue weighted by Gasteiger charge is 2.50. The van der Waals surface area contributed by atoms with Gasteiger partial charge in [-0.15, -0.1) is 0 Å². The van der Waals surface area contributed by atoms with Gasteiger partial charge in [-0.05, 0) is 25.7 Å². The number of aliphatic hydroxyl groups excluding tert-OH is 5. The van der Waals surface area contributed by atoms with E-state index in [1.807, 2.05) is 26.0 Å². The average Bonchev–Trinajstić information content (AvgIpc) is 3.09. The van der Waals surface area contributed by atoms with Gasteiger partial charge >= 0.3 is 11.9 Å². The summed E-state index contributed by atoms with van der Waals surface area (Å²) in [5, 5.41) is 74.7. The van der Waals surface area contributed by atoms with E-state index in [0.29, 0.717) is 6.42 Å². The monoisotopic (exact) mass is 779 g/mol. The van der Waals surface area contributed by atoms with Crippen LogP contribution in [-0.4, -0.2) is 127 Å². The number of fused-ring (bicyclic) bond motifs is 2. The van der Waals surface area contributed by atoms with Crippen LogP contribution in [0.2, 0.25) is 0 Å². The van der Waals surface area contributed by atoms with E-state index in [0.717, 1.165) is 6.42 Å². The fourth-order valence-corrected chi connectivity index (χ4v) is 6.89. The Balaban J connectivity index is 1.88. The van der Waals surface area contributed by atoms with E-state index < -0.39 is 104 Å². The van der Waals surface area contributed by atoms with Crippen molar-refractivity contribution in [2.75, 3.05) is 0 Å². The van der Waals surface area contributed by atoms with Crippen LogP contribution in [-0.2, 0) is 33.3 Å². The zero-order valence-corrected chi connectivity index (χ0v) is 31.9. The molecule has 3 aliphatic heterocycles. The molecular formula is C40H61NO14. The Morgan fingerprint density at radius 1 is 0.964 bits per heavy atom. The lowest BCUT2D eigenvalue weighted by Crippen LogP contribution is -2.61. The summed E-state index contributed by atoms with van der Waals surface area (Å²) >= 11 is 0. The third kappa shape index (κ3) is 15.1. The minimum Gasteiger partial charge on any atom is -0.481 e. The number of carboxylic acid groups (broad SMARTS) is 1. The molecule has 3 rings (SSSR count). The number of aliphatic hydroxyl groups is 6. The SMILES string of the molecule is CCC(C)C1C\C=C/C=C\C=C/C=C/C=C\C(O[C@@H]2O[C@H](C)[C@@H](O)[C@H](N)[C@@H]2O)CC2OC(O)(CC(O)CCCC(=O)CC(O)CC(=O)O1)CC(O)C2C(=O)O. The summed E-state index contributed by atoms with van der Waals surface area (Å²) in [5.41, 5.74) is 6.00. The van der Waals surface area contributed by atoms with Gasteiger partial charge < -0.3 is 60.4 Å². The Kier molecular flexibility index (Phi) is 19.0. The van der Waals surface area contributed by atoms with Crippen LogP contribution < -0.4 is 5.73 Å². The number of cyclic esters (lactones) is 1. The second-order valence-electron chi connectivity index (χ2n) is 14.9. The van der Waals surface area contributed by atoms with Gasteiger partial charge in [0.2, 0.25) is 0 Å². The quantitative estimate of drug-likeness (QED) is 0.185. The van der Waals surface area contributed by atoms with Crippen molar-refractivity contribution in [3.8, 4) is 0 Å². The highest BCUT2D eigenvalue weighted by atomic mass is 16.7. The Bertz CT molecular complexity index is 1380.